The van der Waals surface area contributed by atoms with E-state index in [0.29, 0.717) is 13.2 Å². The fraction of sp³-hybridized carbons (Fsp3) is 0.600. The van der Waals surface area contributed by atoms with Gasteiger partial charge in [-0.1, -0.05) is 68.9 Å². The van der Waals surface area contributed by atoms with E-state index in [2.05, 4.69) is 13.8 Å². The third-order valence-corrected chi connectivity index (χ3v) is 4.10. The number of rotatable bonds is 9. The minimum atomic E-state index is -0.955. The first kappa shape index (κ1) is 18.0. The van der Waals surface area contributed by atoms with Crippen molar-refractivity contribution in [3.8, 4) is 5.75 Å². The molecule has 0 bridgehead atoms. The van der Waals surface area contributed by atoms with Crippen molar-refractivity contribution in [2.75, 3.05) is 13.2 Å². The Bertz CT molecular complexity index is 454. The molecule has 1 heterocycles. The summed E-state index contributed by atoms with van der Waals surface area (Å²) in [6, 6.07) is 8.04. The van der Waals surface area contributed by atoms with Gasteiger partial charge in [0.15, 0.2) is 0 Å². The lowest BCUT2D eigenvalue weighted by Crippen LogP contribution is -2.42. The lowest BCUT2D eigenvalue weighted by molar-refractivity contribution is -0.336. The smallest absolute Gasteiger partial charge is 0.327 e. The summed E-state index contributed by atoms with van der Waals surface area (Å²) in [5.74, 6) is -0.160. The van der Waals surface area contributed by atoms with Crippen LogP contribution in [0.15, 0.2) is 36.4 Å². The van der Waals surface area contributed by atoms with Crippen molar-refractivity contribution in [3.63, 3.8) is 0 Å². The van der Waals surface area contributed by atoms with Gasteiger partial charge in [0.05, 0.1) is 13.2 Å². The molecule has 1 aromatic carbocycles. The number of ether oxygens (including phenoxy) is 3. The van der Waals surface area contributed by atoms with E-state index in [4.69, 9.17) is 14.2 Å². The normalized spacial score (nSPS) is 17.0. The molecule has 3 heteroatoms. The minimum absolute atomic E-state index is 0.529. The first-order valence-corrected chi connectivity index (χ1v) is 8.93. The van der Waals surface area contributed by atoms with E-state index < -0.39 is 5.97 Å². The Hall–Kier alpha value is -1.32. The van der Waals surface area contributed by atoms with Crippen LogP contribution in [0, 0.1) is 6.92 Å². The van der Waals surface area contributed by atoms with E-state index in [1.165, 1.54) is 37.7 Å². The maximum absolute atomic E-state index is 6.12. The van der Waals surface area contributed by atoms with Crippen molar-refractivity contribution in [3.05, 3.63) is 42.0 Å². The van der Waals surface area contributed by atoms with Gasteiger partial charge in [-0.3, -0.25) is 0 Å². The Morgan fingerprint density at radius 1 is 0.913 bits per heavy atom. The second-order valence-electron chi connectivity index (χ2n) is 6.21. The van der Waals surface area contributed by atoms with Gasteiger partial charge in [0.1, 0.15) is 5.75 Å². The van der Waals surface area contributed by atoms with E-state index in [-0.39, 0.29) is 0 Å². The Morgan fingerprint density at radius 2 is 1.52 bits per heavy atom. The summed E-state index contributed by atoms with van der Waals surface area (Å²) in [4.78, 5) is 0. The Labute approximate surface area is 140 Å². The van der Waals surface area contributed by atoms with Crippen LogP contribution in [0.2, 0.25) is 0 Å². The predicted octanol–water partition coefficient (Wildman–Crippen LogP) is 5.38. The molecule has 1 aromatic rings. The molecule has 128 valence electrons. The highest BCUT2D eigenvalue weighted by Gasteiger charge is 2.35. The highest BCUT2D eigenvalue weighted by molar-refractivity contribution is 5.26. The second-order valence-corrected chi connectivity index (χ2v) is 6.21. The fourth-order valence-electron chi connectivity index (χ4n) is 2.69. The standard InChI is InChI=1S/C20H30O3/c1-3-4-5-6-7-8-15-20(21-16-9-10-17-22-20)23-19-13-11-18(2)12-14-19/h9-14H,3-8,15-17H2,1-2H3. The van der Waals surface area contributed by atoms with Crippen molar-refractivity contribution in [1.29, 1.82) is 0 Å². The molecule has 0 saturated heterocycles. The Kier molecular flexibility index (Phi) is 7.63. The first-order chi connectivity index (χ1) is 11.2. The molecule has 3 nitrogen and oxygen atoms in total. The van der Waals surface area contributed by atoms with Crippen LogP contribution in [0.3, 0.4) is 0 Å². The molecule has 0 amide bonds. The van der Waals surface area contributed by atoms with E-state index in [1.807, 2.05) is 36.4 Å². The summed E-state index contributed by atoms with van der Waals surface area (Å²) in [7, 11) is 0. The van der Waals surface area contributed by atoms with Gasteiger partial charge in [-0.2, -0.15) is 0 Å². The average Bonchev–Trinajstić information content (AvgIpc) is 2.79. The SMILES string of the molecule is CCCCCCCCC1(Oc2ccc(C)cc2)OCC=CCO1. The molecule has 0 N–H and O–H groups in total. The van der Waals surface area contributed by atoms with Crippen LogP contribution in [0.25, 0.3) is 0 Å². The highest BCUT2D eigenvalue weighted by atomic mass is 16.9. The zero-order chi connectivity index (χ0) is 16.4. The van der Waals surface area contributed by atoms with Gasteiger partial charge < -0.3 is 14.2 Å². The Morgan fingerprint density at radius 3 is 2.17 bits per heavy atom. The van der Waals surface area contributed by atoms with E-state index in [9.17, 15) is 0 Å². The molecular formula is C20H30O3. The van der Waals surface area contributed by atoms with Crippen molar-refractivity contribution in [1.82, 2.24) is 0 Å². The monoisotopic (exact) mass is 318 g/mol. The summed E-state index contributed by atoms with van der Waals surface area (Å²) in [6.45, 7) is 5.37. The molecule has 0 atom stereocenters. The summed E-state index contributed by atoms with van der Waals surface area (Å²) >= 11 is 0. The molecule has 0 spiro atoms. The molecule has 0 aromatic heterocycles. The van der Waals surface area contributed by atoms with Crippen LogP contribution in [0.5, 0.6) is 5.75 Å². The number of benzene rings is 1. The number of aryl methyl sites for hydroxylation is 1. The van der Waals surface area contributed by atoms with Crippen molar-refractivity contribution in [2.24, 2.45) is 0 Å². The lowest BCUT2D eigenvalue weighted by Gasteiger charge is -2.32. The quantitative estimate of drug-likeness (QED) is 0.452. The fourth-order valence-corrected chi connectivity index (χ4v) is 2.69. The van der Waals surface area contributed by atoms with Gasteiger partial charge in [0.2, 0.25) is 0 Å². The lowest BCUT2D eigenvalue weighted by atomic mass is 10.1. The van der Waals surface area contributed by atoms with Crippen LogP contribution in [-0.2, 0) is 9.47 Å². The molecule has 2 rings (SSSR count). The third-order valence-electron chi connectivity index (χ3n) is 4.10. The third kappa shape index (κ3) is 6.36. The number of hydrogen-bond donors (Lipinski definition) is 0. The maximum atomic E-state index is 6.12. The van der Waals surface area contributed by atoms with E-state index >= 15 is 0 Å². The van der Waals surface area contributed by atoms with Crippen LogP contribution in [0.4, 0.5) is 0 Å². The van der Waals surface area contributed by atoms with Gasteiger partial charge in [-0.25, -0.2) is 0 Å². The van der Waals surface area contributed by atoms with E-state index in [0.717, 1.165) is 18.6 Å². The minimum Gasteiger partial charge on any atom is -0.439 e. The van der Waals surface area contributed by atoms with Gasteiger partial charge in [0.25, 0.3) is 0 Å². The summed E-state index contributed by atoms with van der Waals surface area (Å²) in [5.41, 5.74) is 1.21. The maximum Gasteiger partial charge on any atom is 0.327 e. The number of unbranched alkanes of at least 4 members (excludes halogenated alkanes) is 5. The average molecular weight is 318 g/mol. The van der Waals surface area contributed by atoms with Gasteiger partial charge in [0, 0.05) is 6.42 Å². The van der Waals surface area contributed by atoms with Crippen LogP contribution in [-0.4, -0.2) is 19.2 Å². The highest BCUT2D eigenvalue weighted by Crippen LogP contribution is 2.28. The summed E-state index contributed by atoms with van der Waals surface area (Å²) in [6.07, 6.45) is 12.2. The van der Waals surface area contributed by atoms with Crippen molar-refractivity contribution < 1.29 is 14.2 Å². The molecule has 0 fully saturated rings. The number of hydrogen-bond acceptors (Lipinski definition) is 3. The predicted molar refractivity (Wildman–Crippen MR) is 93.6 cm³/mol. The largest absolute Gasteiger partial charge is 0.439 e. The second kappa shape index (κ2) is 9.74. The van der Waals surface area contributed by atoms with Gasteiger partial charge in [-0.15, -0.1) is 0 Å². The molecule has 0 aliphatic carbocycles. The van der Waals surface area contributed by atoms with E-state index in [1.54, 1.807) is 0 Å². The molecule has 1 aliphatic heterocycles. The van der Waals surface area contributed by atoms with Crippen molar-refractivity contribution >= 4 is 0 Å². The molecule has 0 radical (unpaired) electrons. The van der Waals surface area contributed by atoms with Gasteiger partial charge in [-0.05, 0) is 25.5 Å². The molecular weight excluding hydrogens is 288 g/mol. The van der Waals surface area contributed by atoms with Gasteiger partial charge >= 0.3 is 5.97 Å². The first-order valence-electron chi connectivity index (χ1n) is 8.93. The molecule has 0 saturated carbocycles. The van der Waals surface area contributed by atoms with Crippen LogP contribution in [0.1, 0.15) is 57.4 Å². The molecule has 0 unspecified atom stereocenters. The topological polar surface area (TPSA) is 27.7 Å². The zero-order valence-corrected chi connectivity index (χ0v) is 14.6. The Balaban J connectivity index is 1.90. The van der Waals surface area contributed by atoms with Crippen LogP contribution >= 0.6 is 0 Å². The summed E-state index contributed by atoms with van der Waals surface area (Å²) < 4.78 is 18.0. The molecule has 23 heavy (non-hydrogen) atoms. The zero-order valence-electron chi connectivity index (χ0n) is 14.6. The van der Waals surface area contributed by atoms with Crippen LogP contribution < -0.4 is 4.74 Å². The van der Waals surface area contributed by atoms with Crippen molar-refractivity contribution in [2.45, 2.75) is 64.8 Å². The summed E-state index contributed by atoms with van der Waals surface area (Å²) in [5, 5.41) is 0. The molecule has 1 aliphatic rings.